The zero-order chi connectivity index (χ0) is 18.2. The van der Waals surface area contributed by atoms with Crippen LogP contribution in [-0.4, -0.2) is 31.0 Å². The molecule has 126 valence electrons. The van der Waals surface area contributed by atoms with Gasteiger partial charge in [-0.05, 0) is 24.3 Å². The number of carboxylic acids is 1. The highest BCUT2D eigenvalue weighted by Crippen LogP contribution is 2.42. The fraction of sp³-hybridized carbons (Fsp3) is 0.125. The van der Waals surface area contributed by atoms with Crippen molar-refractivity contribution < 1.29 is 14.7 Å². The van der Waals surface area contributed by atoms with Crippen LogP contribution >= 0.6 is 46.4 Å². The molecule has 0 aliphatic rings. The van der Waals surface area contributed by atoms with Crippen LogP contribution < -0.4 is 4.90 Å². The summed E-state index contributed by atoms with van der Waals surface area (Å²) in [6.45, 7) is 0. The predicted octanol–water partition coefficient (Wildman–Crippen LogP) is 5.30. The van der Waals surface area contributed by atoms with Gasteiger partial charge in [-0.3, -0.25) is 4.79 Å². The molecule has 0 spiro atoms. The molecule has 0 saturated carbocycles. The van der Waals surface area contributed by atoms with Crippen molar-refractivity contribution in [1.82, 2.24) is 0 Å². The van der Waals surface area contributed by atoms with E-state index in [0.717, 1.165) is 5.69 Å². The Morgan fingerprint density at radius 3 is 1.71 bits per heavy atom. The van der Waals surface area contributed by atoms with Gasteiger partial charge in [-0.2, -0.15) is 0 Å². The molecule has 0 amide bonds. The molecule has 0 bridgehead atoms. The second-order valence-corrected chi connectivity index (χ2v) is 6.59. The van der Waals surface area contributed by atoms with E-state index < -0.39 is 17.3 Å². The van der Waals surface area contributed by atoms with E-state index in [-0.39, 0.29) is 31.2 Å². The molecule has 0 atom stereocenters. The first kappa shape index (κ1) is 18.9. The van der Waals surface area contributed by atoms with Gasteiger partial charge in [0.05, 0.1) is 31.2 Å². The minimum atomic E-state index is -1.42. The summed E-state index contributed by atoms with van der Waals surface area (Å²) < 4.78 is 0. The number of hydrogen-bond donors (Lipinski definition) is 1. The molecule has 0 fully saturated rings. The topological polar surface area (TPSA) is 57.6 Å². The second-order valence-electron chi connectivity index (χ2n) is 5.08. The predicted molar refractivity (Wildman–Crippen MR) is 97.6 cm³/mol. The smallest absolute Gasteiger partial charge is 0.338 e. The van der Waals surface area contributed by atoms with E-state index in [1.807, 2.05) is 19.0 Å². The van der Waals surface area contributed by atoms with Gasteiger partial charge in [-0.1, -0.05) is 46.4 Å². The molecular weight excluding hydrogens is 396 g/mol. The number of carbonyl (C=O) groups excluding carboxylic acids is 1. The van der Waals surface area contributed by atoms with E-state index in [1.165, 1.54) is 0 Å². The molecule has 24 heavy (non-hydrogen) atoms. The highest BCUT2D eigenvalue weighted by atomic mass is 35.5. The Morgan fingerprint density at radius 2 is 1.29 bits per heavy atom. The summed E-state index contributed by atoms with van der Waals surface area (Å²) in [5.41, 5.74) is 0.363. The number of carbonyl (C=O) groups is 2. The van der Waals surface area contributed by atoms with Crippen molar-refractivity contribution in [2.45, 2.75) is 0 Å². The molecule has 8 heteroatoms. The van der Waals surface area contributed by atoms with Crippen LogP contribution in [0.25, 0.3) is 0 Å². The third-order valence-electron chi connectivity index (χ3n) is 3.35. The van der Waals surface area contributed by atoms with Gasteiger partial charge in [0, 0.05) is 25.3 Å². The lowest BCUT2D eigenvalue weighted by Crippen LogP contribution is -2.13. The molecule has 2 aromatic carbocycles. The first-order valence-corrected chi connectivity index (χ1v) is 8.09. The Kier molecular flexibility index (Phi) is 5.66. The summed E-state index contributed by atoms with van der Waals surface area (Å²) in [6, 6.07) is 6.58. The fourth-order valence-corrected chi connectivity index (χ4v) is 3.12. The number of carboxylic acid groups (broad SMARTS) is 1. The summed E-state index contributed by atoms with van der Waals surface area (Å²) in [5.74, 6) is -2.03. The van der Waals surface area contributed by atoms with Crippen LogP contribution in [-0.2, 0) is 0 Å². The van der Waals surface area contributed by atoms with E-state index in [0.29, 0.717) is 0 Å². The van der Waals surface area contributed by atoms with Crippen molar-refractivity contribution in [3.63, 3.8) is 0 Å². The first-order chi connectivity index (χ1) is 11.2. The lowest BCUT2D eigenvalue weighted by Gasteiger charge is -2.15. The molecule has 0 aliphatic carbocycles. The number of rotatable bonds is 4. The van der Waals surface area contributed by atoms with Crippen LogP contribution in [0, 0.1) is 0 Å². The first-order valence-electron chi connectivity index (χ1n) is 6.58. The van der Waals surface area contributed by atoms with E-state index in [2.05, 4.69) is 0 Å². The lowest BCUT2D eigenvalue weighted by atomic mass is 9.97. The summed E-state index contributed by atoms with van der Waals surface area (Å²) in [7, 11) is 3.71. The van der Waals surface area contributed by atoms with E-state index in [9.17, 15) is 14.7 Å². The molecule has 2 aromatic rings. The van der Waals surface area contributed by atoms with E-state index in [4.69, 9.17) is 46.4 Å². The average molecular weight is 407 g/mol. The van der Waals surface area contributed by atoms with Crippen LogP contribution in [0.3, 0.4) is 0 Å². The fourth-order valence-electron chi connectivity index (χ4n) is 2.10. The highest BCUT2D eigenvalue weighted by Gasteiger charge is 2.29. The molecule has 0 aliphatic heterocycles. The maximum atomic E-state index is 12.8. The molecule has 2 rings (SSSR count). The van der Waals surface area contributed by atoms with Crippen molar-refractivity contribution in [2.24, 2.45) is 0 Å². The molecule has 0 unspecified atom stereocenters. The van der Waals surface area contributed by atoms with Crippen molar-refractivity contribution in [3.05, 3.63) is 61.0 Å². The maximum absolute atomic E-state index is 12.8. The maximum Gasteiger partial charge on any atom is 0.338 e. The van der Waals surface area contributed by atoms with Crippen LogP contribution in [0.2, 0.25) is 20.1 Å². The number of benzene rings is 2. The second kappa shape index (κ2) is 7.19. The molecule has 0 radical (unpaired) electrons. The van der Waals surface area contributed by atoms with Gasteiger partial charge >= 0.3 is 5.97 Å². The summed E-state index contributed by atoms with van der Waals surface area (Å²) in [5, 5.41) is 8.45. The molecular formula is C16H11Cl4NO3. The van der Waals surface area contributed by atoms with Crippen molar-refractivity contribution in [2.75, 3.05) is 19.0 Å². The average Bonchev–Trinajstić information content (AvgIpc) is 2.55. The normalized spacial score (nSPS) is 10.6. The van der Waals surface area contributed by atoms with Crippen LogP contribution in [0.1, 0.15) is 26.3 Å². The Morgan fingerprint density at radius 1 is 0.833 bits per heavy atom. The Labute approximate surface area is 158 Å². The minimum absolute atomic E-state index is 0.165. The van der Waals surface area contributed by atoms with Crippen LogP contribution in [0.15, 0.2) is 24.3 Å². The quantitative estimate of drug-likeness (QED) is 0.425. The number of halogens is 4. The molecule has 0 heterocycles. The van der Waals surface area contributed by atoms with Gasteiger partial charge in [-0.15, -0.1) is 0 Å². The number of anilines is 1. The number of nitrogens with zero attached hydrogens (tertiary/aromatic N) is 1. The molecule has 0 aromatic heterocycles. The SMILES string of the molecule is CN(C)c1ccc(C(=O)c2c(Cl)c(Cl)c(Cl)c(Cl)c2C(=O)O)cc1. The zero-order valence-electron chi connectivity index (χ0n) is 12.5. The molecule has 4 nitrogen and oxygen atoms in total. The molecule has 0 saturated heterocycles. The van der Waals surface area contributed by atoms with Crippen molar-refractivity contribution in [1.29, 1.82) is 0 Å². The highest BCUT2D eigenvalue weighted by molar-refractivity contribution is 6.54. The Hall–Kier alpha value is -1.46. The van der Waals surface area contributed by atoms with Gasteiger partial charge < -0.3 is 10.0 Å². The Bertz CT molecular complexity index is 832. The summed E-state index contributed by atoms with van der Waals surface area (Å²) >= 11 is 23.9. The zero-order valence-corrected chi connectivity index (χ0v) is 15.6. The van der Waals surface area contributed by atoms with Gasteiger partial charge in [0.2, 0.25) is 0 Å². The third kappa shape index (κ3) is 3.33. The minimum Gasteiger partial charge on any atom is -0.478 e. The standard InChI is InChI=1S/C16H11Cl4NO3/c1-21(2)8-5-3-7(4-6-8)15(22)9-10(16(23)24)12(18)14(20)13(19)11(9)17/h3-6H,1-2H3,(H,23,24). The van der Waals surface area contributed by atoms with E-state index in [1.54, 1.807) is 24.3 Å². The van der Waals surface area contributed by atoms with Gasteiger partial charge in [-0.25, -0.2) is 4.79 Å². The van der Waals surface area contributed by atoms with Gasteiger partial charge in [0.1, 0.15) is 0 Å². The lowest BCUT2D eigenvalue weighted by molar-refractivity contribution is 0.0693. The molecule has 1 N–H and O–H groups in total. The number of ketones is 1. The van der Waals surface area contributed by atoms with Crippen molar-refractivity contribution in [3.8, 4) is 0 Å². The largest absolute Gasteiger partial charge is 0.478 e. The summed E-state index contributed by atoms with van der Waals surface area (Å²) in [6.07, 6.45) is 0. The number of hydrogen-bond acceptors (Lipinski definition) is 3. The van der Waals surface area contributed by atoms with Crippen molar-refractivity contribution >= 4 is 63.8 Å². The Balaban J connectivity index is 2.67. The van der Waals surface area contributed by atoms with Crippen LogP contribution in [0.5, 0.6) is 0 Å². The number of aromatic carboxylic acids is 1. The third-order valence-corrected chi connectivity index (χ3v) is 5.16. The van der Waals surface area contributed by atoms with Gasteiger partial charge in [0.15, 0.2) is 5.78 Å². The van der Waals surface area contributed by atoms with Crippen LogP contribution in [0.4, 0.5) is 5.69 Å². The summed E-state index contributed by atoms with van der Waals surface area (Å²) in [4.78, 5) is 26.2. The van der Waals surface area contributed by atoms with E-state index >= 15 is 0 Å². The monoisotopic (exact) mass is 405 g/mol. The van der Waals surface area contributed by atoms with Gasteiger partial charge in [0.25, 0.3) is 0 Å².